The van der Waals surface area contributed by atoms with Gasteiger partial charge in [-0.1, -0.05) is 18.2 Å². The first-order valence-electron chi connectivity index (χ1n) is 6.98. The van der Waals surface area contributed by atoms with Crippen LogP contribution in [-0.4, -0.2) is 16.1 Å². The molecule has 1 aliphatic rings. The van der Waals surface area contributed by atoms with E-state index < -0.39 is 5.97 Å². The van der Waals surface area contributed by atoms with Crippen molar-refractivity contribution in [2.45, 2.75) is 31.6 Å². The van der Waals surface area contributed by atoms with Crippen LogP contribution in [0.1, 0.15) is 37.4 Å². The molecule has 104 valence electrons. The van der Waals surface area contributed by atoms with E-state index in [1.807, 2.05) is 30.3 Å². The molecule has 0 unspecified atom stereocenters. The summed E-state index contributed by atoms with van der Waals surface area (Å²) in [5.41, 5.74) is 0.970. The number of carboxylic acids is 1. The van der Waals surface area contributed by atoms with Gasteiger partial charge in [0.2, 0.25) is 5.89 Å². The molecule has 1 N–H and O–H groups in total. The minimum atomic E-state index is -0.675. The molecule has 0 saturated heterocycles. The highest BCUT2D eigenvalue weighted by Gasteiger charge is 2.28. The van der Waals surface area contributed by atoms with Gasteiger partial charge < -0.3 is 9.52 Å². The molecule has 0 amide bonds. The van der Waals surface area contributed by atoms with Gasteiger partial charge in [-0.2, -0.15) is 0 Å². The van der Waals surface area contributed by atoms with E-state index in [-0.39, 0.29) is 5.92 Å². The molecule has 1 fully saturated rings. The van der Waals surface area contributed by atoms with E-state index in [0.717, 1.165) is 37.0 Å². The Balaban J connectivity index is 1.71. The highest BCUT2D eigenvalue weighted by atomic mass is 16.4. The Kier molecular flexibility index (Phi) is 3.54. The second-order valence-corrected chi connectivity index (χ2v) is 5.32. The van der Waals surface area contributed by atoms with E-state index in [4.69, 9.17) is 9.52 Å². The van der Waals surface area contributed by atoms with Crippen LogP contribution in [0, 0.1) is 5.92 Å². The summed E-state index contributed by atoms with van der Waals surface area (Å²) in [7, 11) is 0. The third kappa shape index (κ3) is 2.59. The summed E-state index contributed by atoms with van der Waals surface area (Å²) in [6.07, 6.45) is 4.96. The van der Waals surface area contributed by atoms with E-state index in [1.165, 1.54) is 0 Å². The van der Waals surface area contributed by atoms with Crippen molar-refractivity contribution in [3.05, 3.63) is 42.3 Å². The second kappa shape index (κ2) is 5.49. The standard InChI is InChI=1S/C16H17NO3/c18-16(19)13-8-6-11(7-9-13)14-10-17-15(20-14)12-4-2-1-3-5-12/h1-5,10-11,13H,6-9H2,(H,18,19)/t11-,13-. The quantitative estimate of drug-likeness (QED) is 0.924. The van der Waals surface area contributed by atoms with Crippen LogP contribution in [0.15, 0.2) is 40.9 Å². The number of carbonyl (C=O) groups is 1. The minimum Gasteiger partial charge on any atom is -0.481 e. The number of rotatable bonds is 3. The van der Waals surface area contributed by atoms with Gasteiger partial charge in [0.15, 0.2) is 0 Å². The Morgan fingerprint density at radius 2 is 1.85 bits per heavy atom. The molecule has 4 nitrogen and oxygen atoms in total. The first-order valence-corrected chi connectivity index (χ1v) is 6.98. The average Bonchev–Trinajstić information content (AvgIpc) is 2.98. The Morgan fingerprint density at radius 3 is 2.50 bits per heavy atom. The predicted octanol–water partition coefficient (Wildman–Crippen LogP) is 3.70. The summed E-state index contributed by atoms with van der Waals surface area (Å²) in [6, 6.07) is 9.81. The summed E-state index contributed by atoms with van der Waals surface area (Å²) in [5.74, 6) is 0.956. The van der Waals surface area contributed by atoms with Crippen LogP contribution in [0.4, 0.5) is 0 Å². The van der Waals surface area contributed by atoms with Crippen molar-refractivity contribution in [3.63, 3.8) is 0 Å². The lowest BCUT2D eigenvalue weighted by Crippen LogP contribution is -2.20. The number of carboxylic acid groups (broad SMARTS) is 1. The Hall–Kier alpha value is -2.10. The van der Waals surface area contributed by atoms with E-state index in [9.17, 15) is 4.79 Å². The fourth-order valence-electron chi connectivity index (χ4n) is 2.81. The number of nitrogens with zero attached hydrogens (tertiary/aromatic N) is 1. The molecule has 1 aliphatic carbocycles. The van der Waals surface area contributed by atoms with Crippen molar-refractivity contribution in [1.29, 1.82) is 0 Å². The normalized spacial score (nSPS) is 22.6. The summed E-state index contributed by atoms with van der Waals surface area (Å²) in [5, 5.41) is 9.01. The third-order valence-corrected chi connectivity index (χ3v) is 4.02. The zero-order valence-electron chi connectivity index (χ0n) is 11.2. The zero-order valence-corrected chi connectivity index (χ0v) is 11.2. The maximum Gasteiger partial charge on any atom is 0.306 e. The van der Waals surface area contributed by atoms with Crippen LogP contribution < -0.4 is 0 Å². The summed E-state index contributed by atoms with van der Waals surface area (Å²) in [4.78, 5) is 15.3. The molecule has 3 rings (SSSR count). The predicted molar refractivity (Wildman–Crippen MR) is 74.3 cm³/mol. The van der Waals surface area contributed by atoms with Crippen LogP contribution in [0.25, 0.3) is 11.5 Å². The van der Waals surface area contributed by atoms with Gasteiger partial charge >= 0.3 is 5.97 Å². The second-order valence-electron chi connectivity index (χ2n) is 5.32. The molecule has 20 heavy (non-hydrogen) atoms. The highest BCUT2D eigenvalue weighted by Crippen LogP contribution is 2.37. The van der Waals surface area contributed by atoms with Crippen molar-refractivity contribution in [2.75, 3.05) is 0 Å². The van der Waals surface area contributed by atoms with Gasteiger partial charge in [-0.05, 0) is 37.8 Å². The smallest absolute Gasteiger partial charge is 0.306 e. The van der Waals surface area contributed by atoms with Gasteiger partial charge in [-0.15, -0.1) is 0 Å². The van der Waals surface area contributed by atoms with Crippen molar-refractivity contribution in [3.8, 4) is 11.5 Å². The fraction of sp³-hybridized carbons (Fsp3) is 0.375. The number of oxazole rings is 1. The van der Waals surface area contributed by atoms with E-state index in [0.29, 0.717) is 11.8 Å². The summed E-state index contributed by atoms with van der Waals surface area (Å²) < 4.78 is 5.85. The maximum atomic E-state index is 11.0. The van der Waals surface area contributed by atoms with Gasteiger partial charge in [0.1, 0.15) is 5.76 Å². The molecule has 1 aromatic heterocycles. The Bertz CT molecular complexity index is 583. The van der Waals surface area contributed by atoms with Crippen LogP contribution >= 0.6 is 0 Å². The van der Waals surface area contributed by atoms with Crippen LogP contribution in [0.5, 0.6) is 0 Å². The lowest BCUT2D eigenvalue weighted by Gasteiger charge is -2.24. The van der Waals surface area contributed by atoms with Crippen LogP contribution in [0.2, 0.25) is 0 Å². The Morgan fingerprint density at radius 1 is 1.15 bits per heavy atom. The van der Waals surface area contributed by atoms with Crippen molar-refractivity contribution >= 4 is 5.97 Å². The first kappa shape index (κ1) is 12.9. The van der Waals surface area contributed by atoms with Crippen molar-refractivity contribution < 1.29 is 14.3 Å². The fourth-order valence-corrected chi connectivity index (χ4v) is 2.81. The van der Waals surface area contributed by atoms with Crippen LogP contribution in [0.3, 0.4) is 0 Å². The van der Waals surface area contributed by atoms with Crippen molar-refractivity contribution in [2.24, 2.45) is 5.92 Å². The highest BCUT2D eigenvalue weighted by molar-refractivity contribution is 5.70. The van der Waals surface area contributed by atoms with Gasteiger partial charge in [0, 0.05) is 11.5 Å². The van der Waals surface area contributed by atoms with Gasteiger partial charge in [-0.3, -0.25) is 4.79 Å². The molecule has 0 atom stereocenters. The number of benzene rings is 1. The maximum absolute atomic E-state index is 11.0. The van der Waals surface area contributed by atoms with Gasteiger partial charge in [0.25, 0.3) is 0 Å². The van der Waals surface area contributed by atoms with Gasteiger partial charge in [0.05, 0.1) is 12.1 Å². The molecular weight excluding hydrogens is 254 g/mol. The lowest BCUT2D eigenvalue weighted by atomic mass is 9.81. The molecule has 0 aliphatic heterocycles. The monoisotopic (exact) mass is 271 g/mol. The Labute approximate surface area is 117 Å². The minimum absolute atomic E-state index is 0.192. The third-order valence-electron chi connectivity index (χ3n) is 4.02. The molecule has 1 heterocycles. The first-order chi connectivity index (χ1) is 9.74. The molecule has 4 heteroatoms. The molecular formula is C16H17NO3. The van der Waals surface area contributed by atoms with Gasteiger partial charge in [-0.25, -0.2) is 4.98 Å². The van der Waals surface area contributed by atoms with Crippen molar-refractivity contribution in [1.82, 2.24) is 4.98 Å². The van der Waals surface area contributed by atoms with Crippen LogP contribution in [-0.2, 0) is 4.79 Å². The molecule has 0 radical (unpaired) electrons. The largest absolute Gasteiger partial charge is 0.481 e. The topological polar surface area (TPSA) is 63.3 Å². The summed E-state index contributed by atoms with van der Waals surface area (Å²) >= 11 is 0. The average molecular weight is 271 g/mol. The molecule has 2 aromatic rings. The van der Waals surface area contributed by atoms with E-state index >= 15 is 0 Å². The number of aromatic nitrogens is 1. The molecule has 0 bridgehead atoms. The SMILES string of the molecule is O=C(O)[C@H]1CC[C@H](c2cnc(-c3ccccc3)o2)CC1. The number of hydrogen-bond acceptors (Lipinski definition) is 3. The number of hydrogen-bond donors (Lipinski definition) is 1. The lowest BCUT2D eigenvalue weighted by molar-refractivity contribution is -0.142. The number of aliphatic carboxylic acids is 1. The molecule has 1 aromatic carbocycles. The zero-order chi connectivity index (χ0) is 13.9. The summed E-state index contributed by atoms with van der Waals surface area (Å²) in [6.45, 7) is 0. The van der Waals surface area contributed by atoms with E-state index in [1.54, 1.807) is 6.20 Å². The van der Waals surface area contributed by atoms with E-state index in [2.05, 4.69) is 4.98 Å². The molecule has 0 spiro atoms. The molecule has 1 saturated carbocycles.